The molecule has 29 heavy (non-hydrogen) atoms. The molecule has 1 saturated heterocycles. The lowest BCUT2D eigenvalue weighted by atomic mass is 9.92. The Bertz CT molecular complexity index is 943. The van der Waals surface area contributed by atoms with Crippen molar-refractivity contribution in [2.45, 2.75) is 37.1 Å². The van der Waals surface area contributed by atoms with E-state index < -0.39 is 62.6 Å². The van der Waals surface area contributed by atoms with E-state index in [2.05, 4.69) is 5.10 Å². The molecule has 0 aromatic heterocycles. The van der Waals surface area contributed by atoms with Gasteiger partial charge in [-0.25, -0.2) is 18.6 Å². The van der Waals surface area contributed by atoms with Crippen LogP contribution in [0.25, 0.3) is 0 Å². The number of hydrazone groups is 1. The highest BCUT2D eigenvalue weighted by Crippen LogP contribution is 2.35. The van der Waals surface area contributed by atoms with Gasteiger partial charge in [-0.1, -0.05) is 0 Å². The van der Waals surface area contributed by atoms with E-state index >= 15 is 0 Å². The van der Waals surface area contributed by atoms with Crippen LogP contribution in [0.2, 0.25) is 0 Å². The molecular weight excluding hydrogens is 410 g/mol. The highest BCUT2D eigenvalue weighted by molar-refractivity contribution is 7.75. The van der Waals surface area contributed by atoms with Crippen molar-refractivity contribution in [1.29, 1.82) is 0 Å². The molecule has 1 aromatic rings. The van der Waals surface area contributed by atoms with Crippen molar-refractivity contribution < 1.29 is 43.2 Å². The second kappa shape index (κ2) is 7.95. The Morgan fingerprint density at radius 2 is 1.86 bits per heavy atom. The standard InChI is InChI=1S/C16H19N3O9S/c1-7-3-11(22)19(7)13(15(25)26)16(2,29(27)28)6-17-18-14(24)8-4-9(20)12(23)10(21)5-8/h4-7,13,20-21,23,29H,3H2,1-2H3,(H,18,24)(H,25,26)/b17-6+/t7-,13+,16+/m1/s1. The first-order valence-corrected chi connectivity index (χ1v) is 9.35. The van der Waals surface area contributed by atoms with Crippen LogP contribution in [0.3, 0.4) is 0 Å². The number of likely N-dealkylation sites (tertiary alicyclic amines) is 1. The SMILES string of the molecule is C[C@@H]1CC(=O)N1[C@@H](C(=O)O)[C@](C)(/C=N/NC(=O)c1cc(O)c(O)c(O)c1)[SH](=O)=O. The fourth-order valence-corrected chi connectivity index (χ4v) is 3.46. The lowest BCUT2D eigenvalue weighted by Gasteiger charge is -2.45. The van der Waals surface area contributed by atoms with Crippen molar-refractivity contribution in [3.63, 3.8) is 0 Å². The highest BCUT2D eigenvalue weighted by Gasteiger charge is 2.52. The van der Waals surface area contributed by atoms with Crippen LogP contribution in [-0.4, -0.2) is 74.6 Å². The first-order chi connectivity index (χ1) is 13.4. The molecule has 0 radical (unpaired) electrons. The van der Waals surface area contributed by atoms with Crippen molar-refractivity contribution in [2.24, 2.45) is 5.10 Å². The Balaban J connectivity index is 2.29. The van der Waals surface area contributed by atoms with Gasteiger partial charge in [0.05, 0.1) is 0 Å². The van der Waals surface area contributed by atoms with E-state index in [1.165, 1.54) is 0 Å². The zero-order chi connectivity index (χ0) is 22.1. The summed E-state index contributed by atoms with van der Waals surface area (Å²) in [7, 11) is -3.45. The molecule has 0 spiro atoms. The van der Waals surface area contributed by atoms with Crippen LogP contribution >= 0.6 is 0 Å². The van der Waals surface area contributed by atoms with Gasteiger partial charge in [-0.2, -0.15) is 5.10 Å². The minimum atomic E-state index is -3.45. The average Bonchev–Trinajstić information content (AvgIpc) is 2.62. The molecule has 0 bridgehead atoms. The summed E-state index contributed by atoms with van der Waals surface area (Å²) in [6.45, 7) is 2.61. The molecule has 0 aliphatic carbocycles. The van der Waals surface area contributed by atoms with Gasteiger partial charge < -0.3 is 25.3 Å². The van der Waals surface area contributed by atoms with Gasteiger partial charge in [0.25, 0.3) is 5.91 Å². The van der Waals surface area contributed by atoms with Gasteiger partial charge in [0.15, 0.2) is 34.0 Å². The molecule has 1 fully saturated rings. The summed E-state index contributed by atoms with van der Waals surface area (Å²) in [5, 5.41) is 41.1. The van der Waals surface area contributed by atoms with Gasteiger partial charge in [0, 0.05) is 24.2 Å². The van der Waals surface area contributed by atoms with Crippen LogP contribution < -0.4 is 5.43 Å². The van der Waals surface area contributed by atoms with Gasteiger partial charge in [0.2, 0.25) is 5.91 Å². The lowest BCUT2D eigenvalue weighted by molar-refractivity contribution is -0.161. The summed E-state index contributed by atoms with van der Waals surface area (Å²) in [6.07, 6.45) is 0.769. The minimum Gasteiger partial charge on any atom is -0.504 e. The molecule has 158 valence electrons. The van der Waals surface area contributed by atoms with Crippen LogP contribution in [0.15, 0.2) is 17.2 Å². The van der Waals surface area contributed by atoms with E-state index in [-0.39, 0.29) is 12.0 Å². The van der Waals surface area contributed by atoms with E-state index in [1.54, 1.807) is 6.92 Å². The van der Waals surface area contributed by atoms with Crippen LogP contribution in [0, 0.1) is 0 Å². The number of hydrogen-bond donors (Lipinski definition) is 6. The molecule has 12 nitrogen and oxygen atoms in total. The maximum absolute atomic E-state index is 12.1. The molecule has 5 N–H and O–H groups in total. The van der Waals surface area contributed by atoms with Crippen molar-refractivity contribution in [2.75, 3.05) is 0 Å². The van der Waals surface area contributed by atoms with Crippen molar-refractivity contribution in [1.82, 2.24) is 10.3 Å². The Hall–Kier alpha value is -3.35. The van der Waals surface area contributed by atoms with Crippen molar-refractivity contribution in [3.05, 3.63) is 17.7 Å². The van der Waals surface area contributed by atoms with Gasteiger partial charge >= 0.3 is 5.97 Å². The number of β-lactam (4-membered cyclic amide) rings is 1. The zero-order valence-corrected chi connectivity index (χ0v) is 16.2. The Morgan fingerprint density at radius 1 is 1.31 bits per heavy atom. The summed E-state index contributed by atoms with van der Waals surface area (Å²) in [5.41, 5.74) is 1.62. The summed E-state index contributed by atoms with van der Waals surface area (Å²) in [5.74, 6) is -5.46. The number of benzene rings is 1. The van der Waals surface area contributed by atoms with Crippen molar-refractivity contribution >= 4 is 34.7 Å². The number of thiol groups is 1. The lowest BCUT2D eigenvalue weighted by Crippen LogP contribution is -2.66. The number of nitrogens with zero attached hydrogens (tertiary/aromatic N) is 2. The molecular formula is C16H19N3O9S. The quantitative estimate of drug-likeness (QED) is 0.103. The number of rotatable bonds is 7. The van der Waals surface area contributed by atoms with E-state index in [0.29, 0.717) is 6.21 Å². The van der Waals surface area contributed by atoms with Gasteiger partial charge in [-0.15, -0.1) is 0 Å². The maximum Gasteiger partial charge on any atom is 0.328 e. The van der Waals surface area contributed by atoms with Gasteiger partial charge in [-0.3, -0.25) is 9.59 Å². The summed E-state index contributed by atoms with van der Waals surface area (Å²) < 4.78 is 21.5. The average molecular weight is 429 g/mol. The fraction of sp³-hybridized carbons (Fsp3) is 0.375. The number of amides is 2. The van der Waals surface area contributed by atoms with Crippen LogP contribution in [-0.2, 0) is 20.3 Å². The predicted molar refractivity (Wildman–Crippen MR) is 98.5 cm³/mol. The molecule has 3 atom stereocenters. The van der Waals surface area contributed by atoms with E-state index in [9.17, 15) is 43.2 Å². The second-order valence-electron chi connectivity index (χ2n) is 6.64. The zero-order valence-electron chi connectivity index (χ0n) is 15.3. The summed E-state index contributed by atoms with van der Waals surface area (Å²) >= 11 is 0. The van der Waals surface area contributed by atoms with Gasteiger partial charge in [-0.05, 0) is 26.0 Å². The van der Waals surface area contributed by atoms with Crippen LogP contribution in [0.1, 0.15) is 30.6 Å². The molecule has 0 saturated carbocycles. The van der Waals surface area contributed by atoms with E-state index in [0.717, 1.165) is 24.0 Å². The number of carboxylic acids is 1. The fourth-order valence-electron chi connectivity index (χ4n) is 2.88. The molecule has 1 aromatic carbocycles. The number of carbonyl (C=O) groups excluding carboxylic acids is 2. The number of carbonyl (C=O) groups is 3. The Labute approximate surface area is 166 Å². The largest absolute Gasteiger partial charge is 0.504 e. The molecule has 2 rings (SSSR count). The third-order valence-corrected chi connectivity index (χ3v) is 5.66. The molecule has 1 aliphatic heterocycles. The second-order valence-corrected chi connectivity index (χ2v) is 8.12. The molecule has 1 aliphatic rings. The number of aliphatic carboxylic acids is 1. The maximum atomic E-state index is 12.1. The topological polar surface area (TPSA) is 194 Å². The van der Waals surface area contributed by atoms with E-state index in [1.807, 2.05) is 5.43 Å². The van der Waals surface area contributed by atoms with Crippen LogP contribution in [0.4, 0.5) is 0 Å². The van der Waals surface area contributed by atoms with E-state index in [4.69, 9.17) is 0 Å². The number of phenols is 3. The molecule has 13 heteroatoms. The molecule has 2 amide bonds. The summed E-state index contributed by atoms with van der Waals surface area (Å²) in [6, 6.07) is -0.590. The minimum absolute atomic E-state index is 0.0806. The predicted octanol–water partition coefficient (Wildman–Crippen LogP) is -1.04. The first-order valence-electron chi connectivity index (χ1n) is 8.18. The van der Waals surface area contributed by atoms with Gasteiger partial charge in [0.1, 0.15) is 4.75 Å². The highest BCUT2D eigenvalue weighted by atomic mass is 32.2. The normalized spacial score (nSPS) is 19.6. The van der Waals surface area contributed by atoms with Crippen LogP contribution in [0.5, 0.6) is 17.2 Å². The Morgan fingerprint density at radius 3 is 2.28 bits per heavy atom. The summed E-state index contributed by atoms with van der Waals surface area (Å²) in [4.78, 5) is 36.5. The third-order valence-electron chi connectivity index (χ3n) is 4.52. The molecule has 1 heterocycles. The third kappa shape index (κ3) is 4.08. The number of hydrogen-bond acceptors (Lipinski definition) is 9. The number of nitrogens with one attached hydrogen (secondary N) is 1. The molecule has 0 unspecified atom stereocenters. The Kier molecular flexibility index (Phi) is 6.01. The van der Waals surface area contributed by atoms with Crippen molar-refractivity contribution in [3.8, 4) is 17.2 Å². The number of carboxylic acid groups (broad SMARTS) is 1. The first kappa shape index (κ1) is 21.9. The number of phenolic OH excluding ortho intramolecular Hbond substituents is 3. The number of aromatic hydroxyl groups is 3. The smallest absolute Gasteiger partial charge is 0.328 e. The monoisotopic (exact) mass is 429 g/mol.